The summed E-state index contributed by atoms with van der Waals surface area (Å²) in [5.74, 6) is -1.41. The second-order valence-corrected chi connectivity index (χ2v) is 3.25. The minimum atomic E-state index is -0.719. The van der Waals surface area contributed by atoms with Crippen molar-refractivity contribution in [2.75, 3.05) is 0 Å². The highest BCUT2D eigenvalue weighted by molar-refractivity contribution is 6.03. The molecule has 3 nitrogen and oxygen atoms in total. The van der Waals surface area contributed by atoms with Gasteiger partial charge in [0.25, 0.3) is 0 Å². The molecule has 1 rings (SSSR count). The Hall–Kier alpha value is -2.16. The van der Waals surface area contributed by atoms with Crippen LogP contribution in [0.4, 0.5) is 0 Å². The fourth-order valence-electron chi connectivity index (χ4n) is 1.09. The fraction of sp³-hybridized carbons (Fsp3) is 0.0769. The maximum Gasteiger partial charge on any atom is 0.346 e. The summed E-state index contributed by atoms with van der Waals surface area (Å²) in [6.07, 6.45) is 1.53. The van der Waals surface area contributed by atoms with Gasteiger partial charge in [0.05, 0.1) is 5.56 Å². The van der Waals surface area contributed by atoms with Crippen LogP contribution in [0.25, 0.3) is 6.08 Å². The fourth-order valence-corrected chi connectivity index (χ4v) is 1.09. The van der Waals surface area contributed by atoms with Gasteiger partial charge in [0.2, 0.25) is 0 Å². The van der Waals surface area contributed by atoms with Crippen molar-refractivity contribution >= 4 is 18.0 Å². The van der Waals surface area contributed by atoms with Crippen molar-refractivity contribution in [3.63, 3.8) is 0 Å². The summed E-state index contributed by atoms with van der Waals surface area (Å²) in [6.45, 7) is 8.46. The highest BCUT2D eigenvalue weighted by atomic mass is 16.6. The van der Waals surface area contributed by atoms with Gasteiger partial charge in [0, 0.05) is 5.57 Å². The van der Waals surface area contributed by atoms with Gasteiger partial charge in [-0.25, -0.2) is 9.59 Å². The molecule has 0 fully saturated rings. The molecule has 0 saturated carbocycles. The molecule has 0 aliphatic carbocycles. The maximum atomic E-state index is 11.6. The molecule has 0 N–H and O–H groups in total. The Morgan fingerprint density at radius 2 is 1.94 bits per heavy atom. The van der Waals surface area contributed by atoms with E-state index in [4.69, 9.17) is 0 Å². The normalized spacial score (nSPS) is 9.31. The molecular weight excluding hydrogens is 204 g/mol. The van der Waals surface area contributed by atoms with Crippen LogP contribution < -0.4 is 0 Å². The molecule has 1 aromatic carbocycles. The first-order valence-electron chi connectivity index (χ1n) is 4.69. The number of benzene rings is 1. The van der Waals surface area contributed by atoms with Crippen molar-refractivity contribution in [2.45, 2.75) is 6.92 Å². The van der Waals surface area contributed by atoms with Crippen LogP contribution in [0.15, 0.2) is 43.0 Å². The molecule has 0 aromatic heterocycles. The monoisotopic (exact) mass is 216 g/mol. The largest absolute Gasteiger partial charge is 0.386 e. The van der Waals surface area contributed by atoms with E-state index in [2.05, 4.69) is 17.9 Å². The lowest BCUT2D eigenvalue weighted by molar-refractivity contribution is -0.133. The Morgan fingerprint density at radius 3 is 2.50 bits per heavy atom. The molecule has 0 saturated heterocycles. The SMILES string of the molecule is C=Cc1ccccc1C(=O)OC(=O)C(=C)C. The van der Waals surface area contributed by atoms with Gasteiger partial charge in [0.15, 0.2) is 0 Å². The molecule has 0 aliphatic heterocycles. The van der Waals surface area contributed by atoms with E-state index in [0.29, 0.717) is 11.1 Å². The highest BCUT2D eigenvalue weighted by Gasteiger charge is 2.15. The number of hydrogen-bond donors (Lipinski definition) is 0. The number of carbonyl (C=O) groups excluding carboxylic acids is 2. The number of carbonyl (C=O) groups is 2. The average Bonchev–Trinajstić information content (AvgIpc) is 2.28. The zero-order valence-electron chi connectivity index (χ0n) is 9.03. The van der Waals surface area contributed by atoms with Gasteiger partial charge >= 0.3 is 11.9 Å². The lowest BCUT2D eigenvalue weighted by atomic mass is 10.1. The summed E-state index contributed by atoms with van der Waals surface area (Å²) < 4.78 is 4.62. The van der Waals surface area contributed by atoms with Gasteiger partial charge in [0.1, 0.15) is 0 Å². The second kappa shape index (κ2) is 5.07. The van der Waals surface area contributed by atoms with E-state index in [9.17, 15) is 9.59 Å². The van der Waals surface area contributed by atoms with Crippen molar-refractivity contribution in [3.8, 4) is 0 Å². The third-order valence-electron chi connectivity index (χ3n) is 1.93. The van der Waals surface area contributed by atoms with E-state index in [1.165, 1.54) is 13.0 Å². The Balaban J connectivity index is 2.93. The molecule has 0 atom stereocenters. The molecule has 0 bridgehead atoms. The van der Waals surface area contributed by atoms with Gasteiger partial charge in [-0.05, 0) is 18.6 Å². The summed E-state index contributed by atoms with van der Waals surface area (Å²) in [4.78, 5) is 22.8. The summed E-state index contributed by atoms with van der Waals surface area (Å²) >= 11 is 0. The summed E-state index contributed by atoms with van der Waals surface area (Å²) in [5, 5.41) is 0. The Labute approximate surface area is 94.0 Å². The van der Waals surface area contributed by atoms with Crippen molar-refractivity contribution < 1.29 is 14.3 Å². The Morgan fingerprint density at radius 1 is 1.31 bits per heavy atom. The molecule has 1 aromatic rings. The van der Waals surface area contributed by atoms with E-state index in [1.54, 1.807) is 24.3 Å². The molecular formula is C13H12O3. The molecule has 0 spiro atoms. The predicted molar refractivity (Wildman–Crippen MR) is 61.8 cm³/mol. The third-order valence-corrected chi connectivity index (χ3v) is 1.93. The van der Waals surface area contributed by atoms with E-state index in [-0.39, 0.29) is 5.57 Å². The van der Waals surface area contributed by atoms with E-state index in [1.807, 2.05) is 0 Å². The topological polar surface area (TPSA) is 43.4 Å². The minimum Gasteiger partial charge on any atom is -0.386 e. The molecule has 0 amide bonds. The first-order valence-corrected chi connectivity index (χ1v) is 4.69. The van der Waals surface area contributed by atoms with Crippen LogP contribution in [0.3, 0.4) is 0 Å². The van der Waals surface area contributed by atoms with Crippen LogP contribution >= 0.6 is 0 Å². The highest BCUT2D eigenvalue weighted by Crippen LogP contribution is 2.12. The number of ether oxygens (including phenoxy) is 1. The molecule has 0 aliphatic rings. The zero-order chi connectivity index (χ0) is 12.1. The quantitative estimate of drug-likeness (QED) is 0.443. The minimum absolute atomic E-state index is 0.185. The average molecular weight is 216 g/mol. The Kier molecular flexibility index (Phi) is 3.78. The van der Waals surface area contributed by atoms with Crippen molar-refractivity contribution in [1.29, 1.82) is 0 Å². The van der Waals surface area contributed by atoms with Crippen LogP contribution in [-0.2, 0) is 9.53 Å². The van der Waals surface area contributed by atoms with Gasteiger partial charge in [-0.15, -0.1) is 0 Å². The van der Waals surface area contributed by atoms with Crippen LogP contribution in [0.2, 0.25) is 0 Å². The van der Waals surface area contributed by atoms with Gasteiger partial charge in [-0.2, -0.15) is 0 Å². The van der Waals surface area contributed by atoms with E-state index >= 15 is 0 Å². The summed E-state index contributed by atoms with van der Waals surface area (Å²) in [5.41, 5.74) is 1.12. The van der Waals surface area contributed by atoms with Crippen LogP contribution in [-0.4, -0.2) is 11.9 Å². The van der Waals surface area contributed by atoms with E-state index in [0.717, 1.165) is 0 Å². The maximum absolute atomic E-state index is 11.6. The number of esters is 2. The number of hydrogen-bond acceptors (Lipinski definition) is 3. The summed E-state index contributed by atoms with van der Waals surface area (Å²) in [7, 11) is 0. The van der Waals surface area contributed by atoms with Crippen molar-refractivity contribution in [2.24, 2.45) is 0 Å². The molecule has 0 unspecified atom stereocenters. The molecule has 16 heavy (non-hydrogen) atoms. The molecule has 0 radical (unpaired) electrons. The number of rotatable bonds is 3. The smallest absolute Gasteiger partial charge is 0.346 e. The molecule has 82 valence electrons. The lowest BCUT2D eigenvalue weighted by Gasteiger charge is -2.04. The van der Waals surface area contributed by atoms with Crippen molar-refractivity contribution in [3.05, 3.63) is 54.1 Å². The first-order chi connectivity index (χ1) is 7.56. The van der Waals surface area contributed by atoms with Gasteiger partial charge in [-0.3, -0.25) is 0 Å². The molecule has 3 heteroatoms. The predicted octanol–water partition coefficient (Wildman–Crippen LogP) is 2.59. The van der Waals surface area contributed by atoms with Gasteiger partial charge < -0.3 is 4.74 Å². The van der Waals surface area contributed by atoms with Crippen LogP contribution in [0.1, 0.15) is 22.8 Å². The van der Waals surface area contributed by atoms with Crippen molar-refractivity contribution in [1.82, 2.24) is 0 Å². The summed E-state index contributed by atoms with van der Waals surface area (Å²) in [6, 6.07) is 6.75. The van der Waals surface area contributed by atoms with E-state index < -0.39 is 11.9 Å². The van der Waals surface area contributed by atoms with Crippen LogP contribution in [0, 0.1) is 0 Å². The first kappa shape index (κ1) is 11.9. The van der Waals surface area contributed by atoms with Crippen LogP contribution in [0.5, 0.6) is 0 Å². The standard InChI is InChI=1S/C13H12O3/c1-4-10-7-5-6-8-11(10)13(15)16-12(14)9(2)3/h4-8H,1-2H2,3H3. The molecule has 0 heterocycles. The zero-order valence-corrected chi connectivity index (χ0v) is 9.03. The Bertz CT molecular complexity index is 458. The lowest BCUT2D eigenvalue weighted by Crippen LogP contribution is -2.13. The third kappa shape index (κ3) is 2.67. The van der Waals surface area contributed by atoms with Gasteiger partial charge in [-0.1, -0.05) is 37.4 Å². The second-order valence-electron chi connectivity index (χ2n) is 3.25.